The summed E-state index contributed by atoms with van der Waals surface area (Å²) in [7, 11) is 0. The first-order valence-electron chi connectivity index (χ1n) is 10.0. The number of benzene rings is 2. The number of nitrogens with one attached hydrogen (secondary N) is 1. The van der Waals surface area contributed by atoms with Crippen LogP contribution in [0.1, 0.15) is 29.8 Å². The predicted octanol–water partition coefficient (Wildman–Crippen LogP) is 3.82. The van der Waals surface area contributed by atoms with Crippen molar-refractivity contribution in [3.8, 4) is 5.69 Å². The molecular weight excluding hydrogens is 395 g/mol. The van der Waals surface area contributed by atoms with Crippen LogP contribution in [0.5, 0.6) is 0 Å². The number of hydrogen-bond donors (Lipinski definition) is 1. The van der Waals surface area contributed by atoms with Gasteiger partial charge in [0.05, 0.1) is 17.4 Å². The van der Waals surface area contributed by atoms with Gasteiger partial charge in [-0.2, -0.15) is 5.10 Å². The predicted molar refractivity (Wildman–Crippen MR) is 118 cm³/mol. The molecule has 0 saturated heterocycles. The topological polar surface area (TPSA) is 68.9 Å². The van der Waals surface area contributed by atoms with Crippen molar-refractivity contribution in [1.29, 1.82) is 0 Å². The van der Waals surface area contributed by atoms with Crippen LogP contribution >= 0.6 is 0 Å². The van der Waals surface area contributed by atoms with Gasteiger partial charge in [-0.1, -0.05) is 36.4 Å². The van der Waals surface area contributed by atoms with Crippen LogP contribution in [0.25, 0.3) is 16.7 Å². The van der Waals surface area contributed by atoms with E-state index in [2.05, 4.69) is 10.4 Å². The molecule has 0 spiro atoms. The van der Waals surface area contributed by atoms with Gasteiger partial charge < -0.3 is 5.32 Å². The lowest BCUT2D eigenvalue weighted by Gasteiger charge is -2.16. The van der Waals surface area contributed by atoms with Crippen LogP contribution < -0.4 is 10.9 Å². The third-order valence-corrected chi connectivity index (χ3v) is 5.32. The number of rotatable bonds is 5. The Kier molecular flexibility index (Phi) is 5.42. The van der Waals surface area contributed by atoms with Gasteiger partial charge in [-0.05, 0) is 50.1 Å². The molecule has 0 aliphatic carbocycles. The van der Waals surface area contributed by atoms with E-state index in [1.54, 1.807) is 12.1 Å². The Balaban J connectivity index is 1.77. The van der Waals surface area contributed by atoms with Gasteiger partial charge in [0.25, 0.3) is 5.56 Å². The minimum absolute atomic E-state index is 0.173. The van der Waals surface area contributed by atoms with Crippen molar-refractivity contribution in [2.45, 2.75) is 33.4 Å². The van der Waals surface area contributed by atoms with E-state index >= 15 is 0 Å². The van der Waals surface area contributed by atoms with Crippen molar-refractivity contribution in [1.82, 2.24) is 19.7 Å². The number of halogens is 1. The Labute approximate surface area is 178 Å². The Morgan fingerprint density at radius 2 is 1.84 bits per heavy atom. The maximum atomic E-state index is 13.9. The first kappa shape index (κ1) is 20.5. The molecular formula is C24H23FN4O2. The number of aryl methyl sites for hydroxylation is 2. The van der Waals surface area contributed by atoms with E-state index in [4.69, 9.17) is 0 Å². The molecule has 1 atom stereocenters. The van der Waals surface area contributed by atoms with Crippen LogP contribution in [0.3, 0.4) is 0 Å². The van der Waals surface area contributed by atoms with Gasteiger partial charge in [0, 0.05) is 11.5 Å². The second kappa shape index (κ2) is 8.18. The van der Waals surface area contributed by atoms with Crippen molar-refractivity contribution >= 4 is 16.9 Å². The standard InChI is InChI=1S/C24H23FN4O2/c1-15-12-22(31)28(14-21(30)26-16(2)18-8-5-4-6-9-18)24-23(15)17(3)27-29(24)20-11-7-10-19(25)13-20/h4-13,16H,14H2,1-3H3,(H,26,30). The van der Waals surface area contributed by atoms with E-state index in [0.29, 0.717) is 17.0 Å². The van der Waals surface area contributed by atoms with Gasteiger partial charge in [-0.25, -0.2) is 9.07 Å². The third kappa shape index (κ3) is 3.99. The molecule has 0 fully saturated rings. The zero-order chi connectivity index (χ0) is 22.1. The molecule has 0 radical (unpaired) electrons. The Morgan fingerprint density at radius 1 is 1.10 bits per heavy atom. The van der Waals surface area contributed by atoms with Gasteiger partial charge in [-0.3, -0.25) is 14.2 Å². The molecule has 1 unspecified atom stereocenters. The van der Waals surface area contributed by atoms with Crippen molar-refractivity contribution in [2.75, 3.05) is 0 Å². The normalized spacial score (nSPS) is 12.1. The van der Waals surface area contributed by atoms with Crippen molar-refractivity contribution in [2.24, 2.45) is 0 Å². The van der Waals surface area contributed by atoms with Crippen molar-refractivity contribution in [3.05, 3.63) is 93.7 Å². The van der Waals surface area contributed by atoms with Gasteiger partial charge in [0.15, 0.2) is 0 Å². The summed E-state index contributed by atoms with van der Waals surface area (Å²) in [5, 5.41) is 8.25. The molecule has 158 valence electrons. The molecule has 6 nitrogen and oxygen atoms in total. The smallest absolute Gasteiger partial charge is 0.252 e. The lowest BCUT2D eigenvalue weighted by Crippen LogP contribution is -2.34. The van der Waals surface area contributed by atoms with Gasteiger partial charge in [0.1, 0.15) is 18.0 Å². The minimum Gasteiger partial charge on any atom is -0.348 e. The number of aromatic nitrogens is 3. The Bertz CT molecular complexity index is 1320. The number of carbonyl (C=O) groups excluding carboxylic acids is 1. The molecule has 0 saturated carbocycles. The first-order chi connectivity index (χ1) is 14.8. The molecule has 4 rings (SSSR count). The minimum atomic E-state index is -0.408. The van der Waals surface area contributed by atoms with Crippen LogP contribution in [0.2, 0.25) is 0 Å². The SMILES string of the molecule is Cc1cc(=O)n(CC(=O)NC(C)c2ccccc2)c2c1c(C)nn2-c1cccc(F)c1. The molecule has 1 N–H and O–H groups in total. The van der Waals surface area contributed by atoms with Crippen LogP contribution in [0.4, 0.5) is 4.39 Å². The zero-order valence-electron chi connectivity index (χ0n) is 17.6. The Hall–Kier alpha value is -3.74. The highest BCUT2D eigenvalue weighted by Crippen LogP contribution is 2.24. The number of fused-ring (bicyclic) bond motifs is 1. The summed E-state index contributed by atoms with van der Waals surface area (Å²) < 4.78 is 16.8. The summed E-state index contributed by atoms with van der Waals surface area (Å²) in [6.07, 6.45) is 0. The molecule has 2 heterocycles. The average molecular weight is 418 g/mol. The lowest BCUT2D eigenvalue weighted by atomic mass is 10.1. The summed E-state index contributed by atoms with van der Waals surface area (Å²) >= 11 is 0. The third-order valence-electron chi connectivity index (χ3n) is 5.32. The second-order valence-corrected chi connectivity index (χ2v) is 7.63. The van der Waals surface area contributed by atoms with Crippen molar-refractivity contribution in [3.63, 3.8) is 0 Å². The van der Waals surface area contributed by atoms with Crippen molar-refractivity contribution < 1.29 is 9.18 Å². The number of pyridine rings is 1. The summed E-state index contributed by atoms with van der Waals surface area (Å²) in [6.45, 7) is 5.38. The average Bonchev–Trinajstić information content (AvgIpc) is 3.09. The summed E-state index contributed by atoms with van der Waals surface area (Å²) in [4.78, 5) is 25.7. The monoisotopic (exact) mass is 418 g/mol. The summed E-state index contributed by atoms with van der Waals surface area (Å²) in [6, 6.07) is 16.9. The lowest BCUT2D eigenvalue weighted by molar-refractivity contribution is -0.122. The van der Waals surface area contributed by atoms with E-state index < -0.39 is 5.82 Å². The molecule has 31 heavy (non-hydrogen) atoms. The second-order valence-electron chi connectivity index (χ2n) is 7.63. The van der Waals surface area contributed by atoms with Crippen LogP contribution in [-0.2, 0) is 11.3 Å². The molecule has 1 amide bonds. The summed E-state index contributed by atoms with van der Waals surface area (Å²) in [5.41, 5.74) is 3.06. The molecule has 2 aromatic carbocycles. The van der Waals surface area contributed by atoms with Gasteiger partial charge in [0.2, 0.25) is 5.91 Å². The van der Waals surface area contributed by atoms with Crippen LogP contribution in [-0.4, -0.2) is 20.3 Å². The number of hydrogen-bond acceptors (Lipinski definition) is 3. The van der Waals surface area contributed by atoms with E-state index in [0.717, 1.165) is 16.5 Å². The van der Waals surface area contributed by atoms with Gasteiger partial charge in [-0.15, -0.1) is 0 Å². The maximum Gasteiger partial charge on any atom is 0.252 e. The van der Waals surface area contributed by atoms with E-state index in [1.165, 1.54) is 27.4 Å². The molecule has 4 aromatic rings. The maximum absolute atomic E-state index is 13.9. The first-order valence-corrected chi connectivity index (χ1v) is 10.0. The fourth-order valence-corrected chi connectivity index (χ4v) is 3.86. The highest BCUT2D eigenvalue weighted by Gasteiger charge is 2.19. The highest BCUT2D eigenvalue weighted by molar-refractivity contribution is 5.85. The number of carbonyl (C=O) groups is 1. The quantitative estimate of drug-likeness (QED) is 0.536. The molecule has 0 aliphatic rings. The number of amides is 1. The number of nitrogens with zero attached hydrogens (tertiary/aromatic N) is 3. The molecule has 0 bridgehead atoms. The summed E-state index contributed by atoms with van der Waals surface area (Å²) in [5.74, 6) is -0.706. The van der Waals surface area contributed by atoms with E-state index in [9.17, 15) is 14.0 Å². The van der Waals surface area contributed by atoms with Crippen LogP contribution in [0.15, 0.2) is 65.5 Å². The zero-order valence-corrected chi connectivity index (χ0v) is 17.6. The molecule has 0 aliphatic heterocycles. The fourth-order valence-electron chi connectivity index (χ4n) is 3.86. The van der Waals surface area contributed by atoms with E-state index in [1.807, 2.05) is 51.1 Å². The Morgan fingerprint density at radius 3 is 2.55 bits per heavy atom. The fraction of sp³-hybridized carbons (Fsp3) is 0.208. The molecule has 7 heteroatoms. The molecule has 2 aromatic heterocycles. The van der Waals surface area contributed by atoms with E-state index in [-0.39, 0.29) is 24.1 Å². The highest BCUT2D eigenvalue weighted by atomic mass is 19.1. The largest absolute Gasteiger partial charge is 0.348 e. The van der Waals surface area contributed by atoms with Gasteiger partial charge >= 0.3 is 0 Å². The van der Waals surface area contributed by atoms with Crippen LogP contribution in [0, 0.1) is 19.7 Å².